The molecule has 2 fully saturated rings. The largest absolute Gasteiger partial charge is 0.522 e. The first kappa shape index (κ1) is 27.6. The minimum Gasteiger partial charge on any atom is -0.381 e. The SMILES string of the molecule is CCC(=O)N(CC1(N2CCN(CCOC(F)(F)F)CC2)CCOCC1)c1cccc(C(F)(F)F)n1. The highest BCUT2D eigenvalue weighted by molar-refractivity contribution is 5.92. The van der Waals surface area contributed by atoms with Crippen molar-refractivity contribution in [3.8, 4) is 0 Å². The highest BCUT2D eigenvalue weighted by Gasteiger charge is 2.43. The zero-order valence-corrected chi connectivity index (χ0v) is 19.5. The molecule has 0 aromatic carbocycles. The molecule has 0 N–H and O–H groups in total. The van der Waals surface area contributed by atoms with Crippen molar-refractivity contribution in [2.75, 3.05) is 64.0 Å². The number of anilines is 1. The molecule has 2 saturated heterocycles. The third-order valence-electron chi connectivity index (χ3n) is 6.50. The molecule has 2 aliphatic heterocycles. The Labute approximate surface area is 200 Å². The summed E-state index contributed by atoms with van der Waals surface area (Å²) >= 11 is 0. The van der Waals surface area contributed by atoms with E-state index in [0.717, 1.165) is 6.07 Å². The van der Waals surface area contributed by atoms with E-state index in [1.54, 1.807) is 6.92 Å². The second kappa shape index (κ2) is 11.4. The number of rotatable bonds is 8. The lowest BCUT2D eigenvalue weighted by Crippen LogP contribution is -2.63. The average Bonchev–Trinajstić information content (AvgIpc) is 2.82. The second-order valence-electron chi connectivity index (χ2n) is 8.67. The standard InChI is InChI=1S/C22H30F6N4O3/c1-2-19(33)32(18-5-3-4-17(29-18)21(23,24)25)16-20(6-13-34-14-7-20)31-10-8-30(9-11-31)12-15-35-22(26,27)28/h3-5H,2,6-16H2,1H3. The maximum absolute atomic E-state index is 13.3. The number of halogens is 6. The fourth-order valence-electron chi connectivity index (χ4n) is 4.58. The molecule has 0 aliphatic carbocycles. The summed E-state index contributed by atoms with van der Waals surface area (Å²) < 4.78 is 85.9. The molecule has 0 unspecified atom stereocenters. The van der Waals surface area contributed by atoms with Gasteiger partial charge in [0.25, 0.3) is 0 Å². The van der Waals surface area contributed by atoms with Gasteiger partial charge in [-0.05, 0) is 25.0 Å². The van der Waals surface area contributed by atoms with Crippen molar-refractivity contribution < 1.29 is 40.6 Å². The molecule has 0 bridgehead atoms. The average molecular weight is 512 g/mol. The molecule has 0 spiro atoms. The van der Waals surface area contributed by atoms with Crippen LogP contribution in [-0.2, 0) is 20.4 Å². The normalized spacial score (nSPS) is 20.1. The summed E-state index contributed by atoms with van der Waals surface area (Å²) in [7, 11) is 0. The van der Waals surface area contributed by atoms with Gasteiger partial charge in [-0.15, -0.1) is 13.2 Å². The number of carbonyl (C=O) groups excluding carboxylic acids is 1. The minimum absolute atomic E-state index is 0.0551. The van der Waals surface area contributed by atoms with Gasteiger partial charge in [-0.1, -0.05) is 13.0 Å². The number of alkyl halides is 6. The molecule has 2 aliphatic rings. The number of amides is 1. The van der Waals surface area contributed by atoms with Gasteiger partial charge in [-0.3, -0.25) is 24.2 Å². The van der Waals surface area contributed by atoms with Crippen LogP contribution in [0, 0.1) is 0 Å². The van der Waals surface area contributed by atoms with Gasteiger partial charge >= 0.3 is 12.5 Å². The molecular formula is C22H30F6N4O3. The number of ether oxygens (including phenoxy) is 2. The van der Waals surface area contributed by atoms with Crippen molar-refractivity contribution in [3.63, 3.8) is 0 Å². The zero-order valence-electron chi connectivity index (χ0n) is 19.5. The molecule has 0 saturated carbocycles. The maximum atomic E-state index is 13.3. The minimum atomic E-state index is -4.67. The molecule has 3 rings (SSSR count). The van der Waals surface area contributed by atoms with Crippen LogP contribution in [0.3, 0.4) is 0 Å². The third kappa shape index (κ3) is 7.51. The van der Waals surface area contributed by atoms with E-state index in [1.165, 1.54) is 17.0 Å². The highest BCUT2D eigenvalue weighted by atomic mass is 19.4. The Kier molecular flexibility index (Phi) is 9.00. The van der Waals surface area contributed by atoms with Crippen LogP contribution >= 0.6 is 0 Å². The summed E-state index contributed by atoms with van der Waals surface area (Å²) in [5.41, 5.74) is -1.62. The lowest BCUT2D eigenvalue weighted by Gasteiger charge is -2.51. The second-order valence-corrected chi connectivity index (χ2v) is 8.67. The molecule has 0 atom stereocenters. The van der Waals surface area contributed by atoms with Crippen LogP contribution in [0.5, 0.6) is 0 Å². The van der Waals surface area contributed by atoms with E-state index in [2.05, 4.69) is 14.6 Å². The van der Waals surface area contributed by atoms with Crippen molar-refractivity contribution >= 4 is 11.7 Å². The van der Waals surface area contributed by atoms with Crippen molar-refractivity contribution in [1.82, 2.24) is 14.8 Å². The number of aromatic nitrogens is 1. The summed E-state index contributed by atoms with van der Waals surface area (Å²) in [5.74, 6) is -0.397. The number of carbonyl (C=O) groups is 1. The first-order chi connectivity index (χ1) is 16.4. The lowest BCUT2D eigenvalue weighted by atomic mass is 9.86. The van der Waals surface area contributed by atoms with E-state index in [-0.39, 0.29) is 31.2 Å². The predicted molar refractivity (Wildman–Crippen MR) is 115 cm³/mol. The highest BCUT2D eigenvalue weighted by Crippen LogP contribution is 2.33. The van der Waals surface area contributed by atoms with Crippen molar-refractivity contribution in [1.29, 1.82) is 0 Å². The molecule has 198 valence electrons. The monoisotopic (exact) mass is 512 g/mol. The van der Waals surface area contributed by atoms with E-state index in [1.807, 2.05) is 4.90 Å². The van der Waals surface area contributed by atoms with E-state index in [0.29, 0.717) is 52.2 Å². The first-order valence-electron chi connectivity index (χ1n) is 11.5. The third-order valence-corrected chi connectivity index (χ3v) is 6.50. The smallest absolute Gasteiger partial charge is 0.381 e. The Hall–Kier alpha value is -1.96. The Morgan fingerprint density at radius 1 is 1.11 bits per heavy atom. The quantitative estimate of drug-likeness (QED) is 0.497. The molecule has 1 amide bonds. The van der Waals surface area contributed by atoms with Crippen LogP contribution < -0.4 is 4.90 Å². The van der Waals surface area contributed by atoms with E-state index in [4.69, 9.17) is 4.74 Å². The Balaban J connectivity index is 1.76. The Morgan fingerprint density at radius 2 is 1.77 bits per heavy atom. The van der Waals surface area contributed by atoms with Gasteiger partial charge in [-0.25, -0.2) is 4.98 Å². The van der Waals surface area contributed by atoms with E-state index >= 15 is 0 Å². The molecule has 1 aromatic rings. The molecule has 0 radical (unpaired) electrons. The lowest BCUT2D eigenvalue weighted by molar-refractivity contribution is -0.325. The van der Waals surface area contributed by atoms with Gasteiger partial charge in [0.15, 0.2) is 0 Å². The van der Waals surface area contributed by atoms with Gasteiger partial charge < -0.3 is 4.74 Å². The van der Waals surface area contributed by atoms with Crippen LogP contribution in [0.15, 0.2) is 18.2 Å². The van der Waals surface area contributed by atoms with Gasteiger partial charge in [-0.2, -0.15) is 13.2 Å². The van der Waals surface area contributed by atoms with Crippen LogP contribution in [0.1, 0.15) is 31.9 Å². The summed E-state index contributed by atoms with van der Waals surface area (Å²) in [6.45, 7) is 4.43. The molecule has 13 heteroatoms. The summed E-state index contributed by atoms with van der Waals surface area (Å²) in [6, 6.07) is 3.50. The first-order valence-corrected chi connectivity index (χ1v) is 11.5. The fraction of sp³-hybridized carbons (Fsp3) is 0.727. The summed E-state index contributed by atoms with van der Waals surface area (Å²) in [5, 5.41) is 0. The molecule has 1 aromatic heterocycles. The van der Waals surface area contributed by atoms with Gasteiger partial charge in [0.1, 0.15) is 11.5 Å². The van der Waals surface area contributed by atoms with Crippen LogP contribution in [0.25, 0.3) is 0 Å². The van der Waals surface area contributed by atoms with E-state index in [9.17, 15) is 31.1 Å². The zero-order chi connectivity index (χ0) is 25.7. The van der Waals surface area contributed by atoms with Crippen LogP contribution in [0.2, 0.25) is 0 Å². The number of nitrogens with zero attached hydrogens (tertiary/aromatic N) is 4. The van der Waals surface area contributed by atoms with Gasteiger partial charge in [0.2, 0.25) is 5.91 Å². The molecule has 3 heterocycles. The number of hydrogen-bond acceptors (Lipinski definition) is 6. The van der Waals surface area contributed by atoms with Gasteiger partial charge in [0.05, 0.1) is 6.61 Å². The summed E-state index contributed by atoms with van der Waals surface area (Å²) in [6.07, 6.45) is -8.08. The number of hydrogen-bond donors (Lipinski definition) is 0. The Bertz CT molecular complexity index is 837. The van der Waals surface area contributed by atoms with Crippen molar-refractivity contribution in [3.05, 3.63) is 23.9 Å². The van der Waals surface area contributed by atoms with Crippen molar-refractivity contribution in [2.45, 2.75) is 44.3 Å². The summed E-state index contributed by atoms with van der Waals surface area (Å²) in [4.78, 5) is 22.0. The maximum Gasteiger partial charge on any atom is 0.522 e. The van der Waals surface area contributed by atoms with Crippen LogP contribution in [-0.4, -0.2) is 91.7 Å². The van der Waals surface area contributed by atoms with Crippen molar-refractivity contribution in [2.24, 2.45) is 0 Å². The molecular weight excluding hydrogens is 482 g/mol. The fourth-order valence-corrected chi connectivity index (χ4v) is 4.58. The molecule has 7 nitrogen and oxygen atoms in total. The number of pyridine rings is 1. The predicted octanol–water partition coefficient (Wildman–Crippen LogP) is 3.55. The van der Waals surface area contributed by atoms with Crippen LogP contribution in [0.4, 0.5) is 32.2 Å². The van der Waals surface area contributed by atoms with E-state index < -0.39 is 30.4 Å². The number of piperazine rings is 1. The molecule has 35 heavy (non-hydrogen) atoms. The topological polar surface area (TPSA) is 58.1 Å². The Morgan fingerprint density at radius 3 is 2.34 bits per heavy atom. The van der Waals surface area contributed by atoms with Gasteiger partial charge in [0, 0.05) is 64.4 Å².